The summed E-state index contributed by atoms with van der Waals surface area (Å²) in [5.41, 5.74) is 1.17. The highest BCUT2D eigenvalue weighted by Gasteiger charge is 2.23. The Morgan fingerprint density at radius 1 is 1.17 bits per heavy atom. The Morgan fingerprint density at radius 3 is 2.53 bits per heavy atom. The van der Waals surface area contributed by atoms with Crippen molar-refractivity contribution in [1.29, 1.82) is 0 Å². The minimum absolute atomic E-state index is 0.0664. The molecule has 1 aliphatic rings. The van der Waals surface area contributed by atoms with Crippen molar-refractivity contribution < 1.29 is 23.4 Å². The van der Waals surface area contributed by atoms with Crippen molar-refractivity contribution in [3.05, 3.63) is 59.4 Å². The number of hydrogen-bond donors (Lipinski definition) is 0. The zero-order chi connectivity index (χ0) is 21.7. The molecule has 0 N–H and O–H groups in total. The Balaban J connectivity index is 1.54. The normalized spacial score (nSPS) is 17.6. The fraction of sp³-hybridized carbons (Fsp3) is 0.458. The average molecular weight is 416 g/mol. The van der Waals surface area contributed by atoms with Gasteiger partial charge in [0.25, 0.3) is 0 Å². The molecule has 30 heavy (non-hydrogen) atoms. The smallest absolute Gasteiger partial charge is 0.307 e. The van der Waals surface area contributed by atoms with Crippen molar-refractivity contribution >= 4 is 5.97 Å². The second kappa shape index (κ2) is 9.58. The second-order valence-corrected chi connectivity index (χ2v) is 8.58. The summed E-state index contributed by atoms with van der Waals surface area (Å²) in [4.78, 5) is 14.2. The predicted octanol–water partition coefficient (Wildman–Crippen LogP) is 5.03. The molecule has 2 aromatic carbocycles. The molecule has 0 saturated carbocycles. The van der Waals surface area contributed by atoms with Gasteiger partial charge in [-0.3, -0.25) is 9.69 Å². The molecular weight excluding hydrogens is 385 g/mol. The maximum Gasteiger partial charge on any atom is 0.307 e. The first-order valence-corrected chi connectivity index (χ1v) is 10.3. The molecule has 162 valence electrons. The van der Waals surface area contributed by atoms with Crippen molar-refractivity contribution in [3.8, 4) is 11.5 Å². The highest BCUT2D eigenvalue weighted by Crippen LogP contribution is 2.27. The molecule has 1 saturated heterocycles. The number of nitrogens with zero attached hydrogens (tertiary/aromatic N) is 1. The predicted molar refractivity (Wildman–Crippen MR) is 113 cm³/mol. The number of benzene rings is 2. The quantitative estimate of drug-likeness (QED) is 0.619. The lowest BCUT2D eigenvalue weighted by Gasteiger charge is -2.33. The topological polar surface area (TPSA) is 48.0 Å². The standard InChI is InChI=1S/C24H30FNO4/c1-17-5-8-20(15-21(17)25)29-19-9-6-18(7-10-19)22-16-26(13-14-28-22)12-11-23(27)30-24(2,3)4/h5-10,15,22H,11-14,16H2,1-4H3. The summed E-state index contributed by atoms with van der Waals surface area (Å²) in [6, 6.07) is 12.5. The van der Waals surface area contributed by atoms with Gasteiger partial charge in [-0.25, -0.2) is 4.39 Å². The van der Waals surface area contributed by atoms with Crippen LogP contribution in [0.4, 0.5) is 4.39 Å². The first-order valence-electron chi connectivity index (χ1n) is 10.3. The molecule has 0 radical (unpaired) electrons. The van der Waals surface area contributed by atoms with Gasteiger partial charge in [0.05, 0.1) is 19.1 Å². The minimum atomic E-state index is -0.460. The summed E-state index contributed by atoms with van der Waals surface area (Å²) in [6.45, 7) is 10.1. The van der Waals surface area contributed by atoms with Gasteiger partial charge in [0.1, 0.15) is 22.9 Å². The Bertz CT molecular complexity index is 860. The monoisotopic (exact) mass is 415 g/mol. The number of rotatable bonds is 6. The van der Waals surface area contributed by atoms with E-state index < -0.39 is 5.60 Å². The third-order valence-electron chi connectivity index (χ3n) is 4.83. The molecule has 5 nitrogen and oxygen atoms in total. The number of hydrogen-bond acceptors (Lipinski definition) is 5. The number of carbonyl (C=O) groups excluding carboxylic acids is 1. The summed E-state index contributed by atoms with van der Waals surface area (Å²) in [7, 11) is 0. The Morgan fingerprint density at radius 2 is 1.87 bits per heavy atom. The van der Waals surface area contributed by atoms with E-state index in [0.717, 1.165) is 12.1 Å². The fourth-order valence-electron chi connectivity index (χ4n) is 3.27. The molecule has 0 spiro atoms. The minimum Gasteiger partial charge on any atom is -0.460 e. The third kappa shape index (κ3) is 6.54. The van der Waals surface area contributed by atoms with Crippen LogP contribution in [0.2, 0.25) is 0 Å². The SMILES string of the molecule is Cc1ccc(Oc2ccc(C3CN(CCC(=O)OC(C)(C)C)CCO3)cc2)cc1F. The molecule has 6 heteroatoms. The molecule has 1 atom stereocenters. The molecule has 0 amide bonds. The first kappa shape index (κ1) is 22.2. The molecule has 1 heterocycles. The Kier molecular flexibility index (Phi) is 7.10. The van der Waals surface area contributed by atoms with E-state index in [1.807, 2.05) is 45.0 Å². The lowest BCUT2D eigenvalue weighted by molar-refractivity contribution is -0.155. The number of esters is 1. The van der Waals surface area contributed by atoms with Gasteiger partial charge >= 0.3 is 5.97 Å². The lowest BCUT2D eigenvalue weighted by atomic mass is 10.1. The molecule has 0 bridgehead atoms. The van der Waals surface area contributed by atoms with Gasteiger partial charge < -0.3 is 14.2 Å². The summed E-state index contributed by atoms with van der Waals surface area (Å²) < 4.78 is 30.7. The highest BCUT2D eigenvalue weighted by molar-refractivity contribution is 5.70. The van der Waals surface area contributed by atoms with Gasteiger partial charge in [0.15, 0.2) is 0 Å². The second-order valence-electron chi connectivity index (χ2n) is 8.58. The van der Waals surface area contributed by atoms with E-state index in [0.29, 0.717) is 43.2 Å². The molecule has 2 aromatic rings. The van der Waals surface area contributed by atoms with Crippen LogP contribution in [0.5, 0.6) is 11.5 Å². The van der Waals surface area contributed by atoms with Crippen molar-refractivity contribution in [3.63, 3.8) is 0 Å². The van der Waals surface area contributed by atoms with Crippen LogP contribution in [-0.4, -0.2) is 42.7 Å². The molecule has 0 aromatic heterocycles. The van der Waals surface area contributed by atoms with Crippen molar-refractivity contribution in [1.82, 2.24) is 4.90 Å². The van der Waals surface area contributed by atoms with Crippen LogP contribution in [0.3, 0.4) is 0 Å². The van der Waals surface area contributed by atoms with Crippen LogP contribution in [0.1, 0.15) is 44.4 Å². The lowest BCUT2D eigenvalue weighted by Crippen LogP contribution is -2.39. The molecule has 1 unspecified atom stereocenters. The number of aryl methyl sites for hydroxylation is 1. The van der Waals surface area contributed by atoms with Crippen molar-refractivity contribution in [2.75, 3.05) is 26.2 Å². The summed E-state index contributed by atoms with van der Waals surface area (Å²) in [5.74, 6) is 0.637. The van der Waals surface area contributed by atoms with E-state index in [-0.39, 0.29) is 17.9 Å². The van der Waals surface area contributed by atoms with E-state index in [1.54, 1.807) is 19.1 Å². The van der Waals surface area contributed by atoms with Gasteiger partial charge in [-0.1, -0.05) is 18.2 Å². The van der Waals surface area contributed by atoms with Crippen LogP contribution in [0.25, 0.3) is 0 Å². The van der Waals surface area contributed by atoms with E-state index in [2.05, 4.69) is 4.90 Å². The largest absolute Gasteiger partial charge is 0.460 e. The summed E-state index contributed by atoms with van der Waals surface area (Å²) in [6.07, 6.45) is 0.299. The van der Waals surface area contributed by atoms with Crippen LogP contribution in [0.15, 0.2) is 42.5 Å². The summed E-state index contributed by atoms with van der Waals surface area (Å²) >= 11 is 0. The van der Waals surface area contributed by atoms with Crippen molar-refractivity contribution in [2.24, 2.45) is 0 Å². The first-order chi connectivity index (χ1) is 14.2. The van der Waals surface area contributed by atoms with Crippen LogP contribution < -0.4 is 4.74 Å². The van der Waals surface area contributed by atoms with Gasteiger partial charge in [-0.2, -0.15) is 0 Å². The Hall–Kier alpha value is -2.44. The molecule has 1 fully saturated rings. The highest BCUT2D eigenvalue weighted by atomic mass is 19.1. The van der Waals surface area contributed by atoms with E-state index in [9.17, 15) is 9.18 Å². The number of ether oxygens (including phenoxy) is 3. The van der Waals surface area contributed by atoms with Gasteiger partial charge in [-0.15, -0.1) is 0 Å². The molecule has 3 rings (SSSR count). The zero-order valence-corrected chi connectivity index (χ0v) is 18.1. The van der Waals surface area contributed by atoms with Gasteiger partial charge in [0.2, 0.25) is 0 Å². The third-order valence-corrected chi connectivity index (χ3v) is 4.83. The van der Waals surface area contributed by atoms with E-state index in [1.165, 1.54) is 6.07 Å². The maximum atomic E-state index is 13.7. The number of carbonyl (C=O) groups is 1. The number of morpholine rings is 1. The molecular formula is C24H30FNO4. The molecule has 1 aliphatic heterocycles. The van der Waals surface area contributed by atoms with Crippen molar-refractivity contribution in [2.45, 2.75) is 45.8 Å². The average Bonchev–Trinajstić information content (AvgIpc) is 2.69. The van der Waals surface area contributed by atoms with Gasteiger partial charge in [-0.05, 0) is 57.0 Å². The molecule has 0 aliphatic carbocycles. The van der Waals surface area contributed by atoms with Crippen LogP contribution >= 0.6 is 0 Å². The van der Waals surface area contributed by atoms with Gasteiger partial charge in [0, 0.05) is 25.7 Å². The van der Waals surface area contributed by atoms with Crippen LogP contribution in [0, 0.1) is 12.7 Å². The zero-order valence-electron chi connectivity index (χ0n) is 18.1. The maximum absolute atomic E-state index is 13.7. The van der Waals surface area contributed by atoms with E-state index >= 15 is 0 Å². The Labute approximate surface area is 177 Å². The summed E-state index contributed by atoms with van der Waals surface area (Å²) in [5, 5.41) is 0. The van der Waals surface area contributed by atoms with E-state index in [4.69, 9.17) is 14.2 Å². The number of halogens is 1. The fourth-order valence-corrected chi connectivity index (χ4v) is 3.27. The van der Waals surface area contributed by atoms with Crippen LogP contribution in [-0.2, 0) is 14.3 Å².